The van der Waals surface area contributed by atoms with Gasteiger partial charge in [0, 0.05) is 13.1 Å². The van der Waals surface area contributed by atoms with Gasteiger partial charge >= 0.3 is 13.6 Å². The Morgan fingerprint density at radius 2 is 1.78 bits per heavy atom. The Morgan fingerprint density at radius 3 is 2.26 bits per heavy atom. The third-order valence-corrected chi connectivity index (χ3v) is 5.19. The van der Waals surface area contributed by atoms with Crippen LogP contribution in [0.2, 0.25) is 0 Å². The van der Waals surface area contributed by atoms with Crippen molar-refractivity contribution in [1.82, 2.24) is 4.98 Å². The Hall–Kier alpha value is -0.940. The lowest BCUT2D eigenvalue weighted by molar-refractivity contribution is -0.132. The molecular formula is C15H25ClNO5P. The molecular weight excluding hydrogens is 341 g/mol. The number of hydrogen-bond acceptors (Lipinski definition) is 6. The smallest absolute Gasteiger partial charge is 0.330 e. The minimum absolute atomic E-state index is 0. The van der Waals surface area contributed by atoms with E-state index in [1.807, 2.05) is 6.92 Å². The number of pyridine rings is 1. The van der Waals surface area contributed by atoms with E-state index in [9.17, 15) is 9.36 Å². The van der Waals surface area contributed by atoms with E-state index in [0.717, 1.165) is 11.1 Å². The lowest BCUT2D eigenvalue weighted by atomic mass is 10.1. The summed E-state index contributed by atoms with van der Waals surface area (Å²) < 4.78 is 28.2. The molecule has 0 aliphatic heterocycles. The number of esters is 1. The topological polar surface area (TPSA) is 74.7 Å². The summed E-state index contributed by atoms with van der Waals surface area (Å²) in [5, 5.41) is 0. The van der Waals surface area contributed by atoms with Crippen LogP contribution in [-0.4, -0.2) is 30.3 Å². The number of carbonyl (C=O) groups excluding carboxylic acids is 1. The largest absolute Gasteiger partial charge is 0.424 e. The highest BCUT2D eigenvalue weighted by atomic mass is 35.5. The maximum Gasteiger partial charge on any atom is 0.330 e. The van der Waals surface area contributed by atoms with Gasteiger partial charge in [-0.2, -0.15) is 0 Å². The van der Waals surface area contributed by atoms with Gasteiger partial charge in [0.25, 0.3) is 0 Å². The van der Waals surface area contributed by atoms with Gasteiger partial charge in [-0.15, -0.1) is 12.4 Å². The van der Waals surface area contributed by atoms with E-state index in [0.29, 0.717) is 31.1 Å². The summed E-state index contributed by atoms with van der Waals surface area (Å²) in [5.41, 5.74) is 2.33. The number of halogens is 1. The Bertz CT molecular complexity index is 569. The van der Waals surface area contributed by atoms with E-state index < -0.39 is 7.60 Å². The number of aromatic nitrogens is 1. The third kappa shape index (κ3) is 6.60. The van der Waals surface area contributed by atoms with Gasteiger partial charge in [-0.1, -0.05) is 0 Å². The van der Waals surface area contributed by atoms with Crippen molar-refractivity contribution in [3.63, 3.8) is 0 Å². The molecule has 0 fully saturated rings. The maximum absolute atomic E-state index is 12.5. The first kappa shape index (κ1) is 22.1. The second-order valence-corrected chi connectivity index (χ2v) is 7.02. The van der Waals surface area contributed by atoms with Gasteiger partial charge in [-0.05, 0) is 45.2 Å². The average molecular weight is 366 g/mol. The summed E-state index contributed by atoms with van der Waals surface area (Å²) in [4.78, 5) is 15.4. The molecule has 8 heteroatoms. The van der Waals surface area contributed by atoms with Crippen molar-refractivity contribution < 1.29 is 23.1 Å². The van der Waals surface area contributed by atoms with E-state index in [-0.39, 0.29) is 24.5 Å². The van der Waals surface area contributed by atoms with Crippen molar-refractivity contribution in [3.05, 3.63) is 23.0 Å². The van der Waals surface area contributed by atoms with Crippen LogP contribution >= 0.6 is 20.0 Å². The monoisotopic (exact) mass is 365 g/mol. The first-order valence-corrected chi connectivity index (χ1v) is 9.07. The minimum Gasteiger partial charge on any atom is -0.424 e. The molecule has 0 radical (unpaired) electrons. The second kappa shape index (κ2) is 10.0. The summed E-state index contributed by atoms with van der Waals surface area (Å²) >= 11 is 0. The van der Waals surface area contributed by atoms with Gasteiger partial charge in [-0.3, -0.25) is 14.3 Å². The molecule has 0 unspecified atom stereocenters. The molecule has 0 aliphatic carbocycles. The first-order chi connectivity index (χ1) is 10.3. The number of aryl methyl sites for hydroxylation is 2. The highest BCUT2D eigenvalue weighted by molar-refractivity contribution is 7.53. The van der Waals surface area contributed by atoms with E-state index in [1.165, 1.54) is 6.92 Å². The van der Waals surface area contributed by atoms with Crippen LogP contribution in [0.1, 0.15) is 37.6 Å². The summed E-state index contributed by atoms with van der Waals surface area (Å²) in [6, 6.07) is 0. The van der Waals surface area contributed by atoms with Gasteiger partial charge in [0.2, 0.25) is 0 Å². The Kier molecular flexibility index (Phi) is 9.63. The van der Waals surface area contributed by atoms with E-state index in [1.54, 1.807) is 27.0 Å². The normalized spacial score (nSPS) is 11.0. The Labute approximate surface area is 143 Å². The second-order valence-electron chi connectivity index (χ2n) is 4.84. The quantitative estimate of drug-likeness (QED) is 0.514. The summed E-state index contributed by atoms with van der Waals surface area (Å²) in [7, 11) is -3.09. The van der Waals surface area contributed by atoms with Gasteiger partial charge in [0.05, 0.1) is 25.1 Å². The van der Waals surface area contributed by atoms with Crippen LogP contribution in [0.25, 0.3) is 0 Å². The zero-order valence-electron chi connectivity index (χ0n) is 14.2. The molecule has 0 saturated carbocycles. The highest BCUT2D eigenvalue weighted by Crippen LogP contribution is 2.48. The van der Waals surface area contributed by atoms with E-state index in [2.05, 4.69) is 4.98 Å². The number of ether oxygens (including phenoxy) is 1. The van der Waals surface area contributed by atoms with Crippen molar-refractivity contribution in [2.45, 2.75) is 41.0 Å². The molecule has 0 aliphatic rings. The predicted molar refractivity (Wildman–Crippen MR) is 91.7 cm³/mol. The average Bonchev–Trinajstić information content (AvgIpc) is 2.43. The van der Waals surface area contributed by atoms with Gasteiger partial charge < -0.3 is 13.8 Å². The molecule has 6 nitrogen and oxygen atoms in total. The molecule has 23 heavy (non-hydrogen) atoms. The molecule has 1 aromatic rings. The Balaban J connectivity index is 0.00000484. The molecule has 0 spiro atoms. The van der Waals surface area contributed by atoms with Crippen molar-refractivity contribution >= 4 is 26.0 Å². The fourth-order valence-corrected chi connectivity index (χ4v) is 3.74. The summed E-state index contributed by atoms with van der Waals surface area (Å²) in [6.07, 6.45) is 2.45. The van der Waals surface area contributed by atoms with Crippen LogP contribution in [0.3, 0.4) is 0 Å². The molecule has 0 aromatic carbocycles. The minimum atomic E-state index is -3.09. The van der Waals surface area contributed by atoms with Crippen molar-refractivity contribution in [2.24, 2.45) is 0 Å². The molecule has 1 rings (SSSR count). The Morgan fingerprint density at radius 1 is 1.22 bits per heavy atom. The third-order valence-electron chi connectivity index (χ3n) is 3.12. The van der Waals surface area contributed by atoms with Crippen LogP contribution in [-0.2, 0) is 24.8 Å². The molecule has 0 amide bonds. The maximum atomic E-state index is 12.5. The van der Waals surface area contributed by atoms with Crippen LogP contribution in [0.5, 0.6) is 5.75 Å². The number of hydrogen-bond donors (Lipinski definition) is 0. The lowest BCUT2D eigenvalue weighted by Crippen LogP contribution is -2.09. The van der Waals surface area contributed by atoms with Crippen LogP contribution in [0, 0.1) is 13.8 Å². The predicted octanol–water partition coefficient (Wildman–Crippen LogP) is 3.85. The molecule has 0 bridgehead atoms. The standard InChI is InChI=1S/C15H24NO5P.ClH/c1-6-19-22(18,20-7-2)9-8-14-10-16-12(4)15(11(14)3)21-13(5)17;/h10H,6-9H2,1-5H3;1H. The molecule has 0 atom stereocenters. The van der Waals surface area contributed by atoms with Crippen LogP contribution in [0.15, 0.2) is 6.20 Å². The fraction of sp³-hybridized carbons (Fsp3) is 0.600. The molecule has 1 heterocycles. The van der Waals surface area contributed by atoms with Gasteiger partial charge in [-0.25, -0.2) is 0 Å². The molecule has 1 aromatic heterocycles. The highest BCUT2D eigenvalue weighted by Gasteiger charge is 2.24. The SMILES string of the molecule is CCOP(=O)(CCc1cnc(C)c(OC(C)=O)c1C)OCC.Cl. The number of nitrogens with zero attached hydrogens (tertiary/aromatic N) is 1. The molecule has 0 N–H and O–H groups in total. The molecule has 132 valence electrons. The zero-order chi connectivity index (χ0) is 16.8. The summed E-state index contributed by atoms with van der Waals surface area (Å²) in [5.74, 6) is 0.0760. The summed E-state index contributed by atoms with van der Waals surface area (Å²) in [6.45, 7) is 9.22. The van der Waals surface area contributed by atoms with E-state index >= 15 is 0 Å². The zero-order valence-corrected chi connectivity index (χ0v) is 16.0. The van der Waals surface area contributed by atoms with E-state index in [4.69, 9.17) is 13.8 Å². The van der Waals surface area contributed by atoms with Crippen LogP contribution in [0.4, 0.5) is 0 Å². The van der Waals surface area contributed by atoms with Crippen molar-refractivity contribution in [2.75, 3.05) is 19.4 Å². The lowest BCUT2D eigenvalue weighted by Gasteiger charge is -2.18. The van der Waals surface area contributed by atoms with Gasteiger partial charge in [0.15, 0.2) is 5.75 Å². The first-order valence-electron chi connectivity index (χ1n) is 7.34. The molecule has 0 saturated heterocycles. The number of rotatable bonds is 8. The van der Waals surface area contributed by atoms with Gasteiger partial charge in [0.1, 0.15) is 0 Å². The van der Waals surface area contributed by atoms with Crippen molar-refractivity contribution in [3.8, 4) is 5.75 Å². The number of carbonyl (C=O) groups is 1. The van der Waals surface area contributed by atoms with Crippen LogP contribution < -0.4 is 4.74 Å². The van der Waals surface area contributed by atoms with Crippen molar-refractivity contribution in [1.29, 1.82) is 0 Å². The fourth-order valence-electron chi connectivity index (χ4n) is 2.11.